The van der Waals surface area contributed by atoms with Crippen LogP contribution in [-0.2, 0) is 0 Å². The third-order valence-electron chi connectivity index (χ3n) is 3.66. The molecular formula is C17H22F2N2O2. The zero-order valence-corrected chi connectivity index (χ0v) is 13.0. The van der Waals surface area contributed by atoms with Crippen molar-refractivity contribution in [1.82, 2.24) is 10.6 Å². The molecule has 126 valence electrons. The van der Waals surface area contributed by atoms with E-state index < -0.39 is 11.6 Å². The number of hydrogen-bond donors (Lipinski definition) is 2. The van der Waals surface area contributed by atoms with Gasteiger partial charge in [-0.25, -0.2) is 13.6 Å². The molecule has 0 atom stereocenters. The van der Waals surface area contributed by atoms with Crippen molar-refractivity contribution < 1.29 is 18.3 Å². The van der Waals surface area contributed by atoms with E-state index in [1.807, 2.05) is 0 Å². The minimum atomic E-state index is -0.954. The van der Waals surface area contributed by atoms with Gasteiger partial charge in [-0.15, -0.1) is 0 Å². The summed E-state index contributed by atoms with van der Waals surface area (Å²) >= 11 is 0. The molecular weight excluding hydrogens is 302 g/mol. The third kappa shape index (κ3) is 6.26. The Bertz CT molecular complexity index is 562. The van der Waals surface area contributed by atoms with Gasteiger partial charge in [-0.2, -0.15) is 0 Å². The van der Waals surface area contributed by atoms with Crippen molar-refractivity contribution in [2.24, 2.45) is 0 Å². The Balaban J connectivity index is 1.55. The Morgan fingerprint density at radius 3 is 2.70 bits per heavy atom. The number of amides is 2. The van der Waals surface area contributed by atoms with Crippen molar-refractivity contribution >= 4 is 6.03 Å². The van der Waals surface area contributed by atoms with Gasteiger partial charge in [0.25, 0.3) is 0 Å². The summed E-state index contributed by atoms with van der Waals surface area (Å²) in [6.45, 7) is 1.08. The van der Waals surface area contributed by atoms with E-state index in [4.69, 9.17) is 4.74 Å². The predicted molar refractivity (Wildman–Crippen MR) is 84.4 cm³/mol. The van der Waals surface area contributed by atoms with E-state index in [1.54, 1.807) is 0 Å². The standard InChI is InChI=1S/C17H22F2N2O2/c18-15-7-6-14(12-16(15)19)23-11-10-21-17(22)20-9-8-13-4-2-1-3-5-13/h4,6-7,12H,1-3,5,8-11H2,(H2,20,21,22). The molecule has 0 saturated carbocycles. The second kappa shape index (κ2) is 9.12. The molecule has 0 aliphatic heterocycles. The Labute approximate surface area is 134 Å². The zero-order valence-electron chi connectivity index (χ0n) is 13.0. The second-order valence-electron chi connectivity index (χ2n) is 5.47. The first-order valence-electron chi connectivity index (χ1n) is 7.92. The molecule has 0 spiro atoms. The van der Waals surface area contributed by atoms with Gasteiger partial charge in [-0.1, -0.05) is 11.6 Å². The van der Waals surface area contributed by atoms with Crippen LogP contribution in [-0.4, -0.2) is 25.7 Å². The number of rotatable bonds is 7. The number of hydrogen-bond acceptors (Lipinski definition) is 2. The average Bonchev–Trinajstić information content (AvgIpc) is 2.56. The molecule has 0 aromatic heterocycles. The lowest BCUT2D eigenvalue weighted by Gasteiger charge is -2.13. The van der Waals surface area contributed by atoms with Crippen LogP contribution in [0.5, 0.6) is 5.75 Å². The minimum absolute atomic E-state index is 0.184. The summed E-state index contributed by atoms with van der Waals surface area (Å²) in [4.78, 5) is 11.6. The van der Waals surface area contributed by atoms with E-state index in [2.05, 4.69) is 16.7 Å². The quantitative estimate of drug-likeness (QED) is 0.595. The van der Waals surface area contributed by atoms with Gasteiger partial charge in [0.15, 0.2) is 11.6 Å². The number of benzene rings is 1. The van der Waals surface area contributed by atoms with E-state index in [9.17, 15) is 13.6 Å². The molecule has 1 aromatic carbocycles. The topological polar surface area (TPSA) is 50.4 Å². The number of ether oxygens (including phenoxy) is 1. The highest BCUT2D eigenvalue weighted by atomic mass is 19.2. The molecule has 0 heterocycles. The van der Waals surface area contributed by atoms with E-state index in [-0.39, 0.29) is 24.9 Å². The van der Waals surface area contributed by atoms with Gasteiger partial charge in [0.2, 0.25) is 0 Å². The molecule has 4 nitrogen and oxygen atoms in total. The highest BCUT2D eigenvalue weighted by Gasteiger charge is 2.05. The molecule has 2 rings (SSSR count). The van der Waals surface area contributed by atoms with E-state index in [1.165, 1.54) is 24.5 Å². The van der Waals surface area contributed by atoms with Crippen molar-refractivity contribution in [3.63, 3.8) is 0 Å². The highest BCUT2D eigenvalue weighted by molar-refractivity contribution is 5.73. The van der Waals surface area contributed by atoms with Crippen LogP contribution in [0.3, 0.4) is 0 Å². The first kappa shape index (κ1) is 17.2. The lowest BCUT2D eigenvalue weighted by Crippen LogP contribution is -2.38. The summed E-state index contributed by atoms with van der Waals surface area (Å²) in [7, 11) is 0. The van der Waals surface area contributed by atoms with Gasteiger partial charge in [0, 0.05) is 12.6 Å². The van der Waals surface area contributed by atoms with Crippen molar-refractivity contribution in [2.75, 3.05) is 19.7 Å². The molecule has 6 heteroatoms. The maximum Gasteiger partial charge on any atom is 0.314 e. The first-order valence-corrected chi connectivity index (χ1v) is 7.92. The number of carbonyl (C=O) groups excluding carboxylic acids is 1. The van der Waals surface area contributed by atoms with Crippen LogP contribution in [0.4, 0.5) is 13.6 Å². The summed E-state index contributed by atoms with van der Waals surface area (Å²) in [6, 6.07) is 3.07. The Kier molecular flexibility index (Phi) is 6.84. The van der Waals surface area contributed by atoms with Gasteiger partial charge >= 0.3 is 6.03 Å². The largest absolute Gasteiger partial charge is 0.492 e. The number of allylic oxidation sites excluding steroid dienone is 1. The van der Waals surface area contributed by atoms with Gasteiger partial charge in [-0.3, -0.25) is 0 Å². The molecule has 0 fully saturated rings. The molecule has 1 aliphatic rings. The minimum Gasteiger partial charge on any atom is -0.492 e. The zero-order chi connectivity index (χ0) is 16.5. The number of halogens is 2. The van der Waals surface area contributed by atoms with Gasteiger partial charge in [0.1, 0.15) is 12.4 Å². The summed E-state index contributed by atoms with van der Waals surface area (Å²) in [6.07, 6.45) is 7.92. The lowest BCUT2D eigenvalue weighted by molar-refractivity contribution is 0.236. The molecule has 2 N–H and O–H groups in total. The number of urea groups is 1. The third-order valence-corrected chi connectivity index (χ3v) is 3.66. The lowest BCUT2D eigenvalue weighted by atomic mass is 9.97. The Hall–Kier alpha value is -2.11. The average molecular weight is 324 g/mol. The molecule has 0 bridgehead atoms. The molecule has 1 aromatic rings. The van der Waals surface area contributed by atoms with Crippen LogP contribution in [0.15, 0.2) is 29.8 Å². The Morgan fingerprint density at radius 1 is 1.13 bits per heavy atom. The molecule has 1 aliphatic carbocycles. The van der Waals surface area contributed by atoms with E-state index in [0.717, 1.165) is 31.4 Å². The van der Waals surface area contributed by atoms with Gasteiger partial charge in [-0.05, 0) is 44.2 Å². The first-order chi connectivity index (χ1) is 11.1. The van der Waals surface area contributed by atoms with Crippen LogP contribution in [0, 0.1) is 11.6 Å². The number of nitrogens with one attached hydrogen (secondary N) is 2. The second-order valence-corrected chi connectivity index (χ2v) is 5.47. The van der Waals surface area contributed by atoms with Crippen molar-refractivity contribution in [3.05, 3.63) is 41.5 Å². The monoisotopic (exact) mass is 324 g/mol. The molecule has 23 heavy (non-hydrogen) atoms. The van der Waals surface area contributed by atoms with Crippen LogP contribution < -0.4 is 15.4 Å². The van der Waals surface area contributed by atoms with E-state index >= 15 is 0 Å². The fraction of sp³-hybridized carbons (Fsp3) is 0.471. The molecule has 0 unspecified atom stereocenters. The van der Waals surface area contributed by atoms with Crippen molar-refractivity contribution in [2.45, 2.75) is 32.1 Å². The predicted octanol–water partition coefficient (Wildman–Crippen LogP) is 3.53. The fourth-order valence-corrected chi connectivity index (χ4v) is 2.43. The van der Waals surface area contributed by atoms with Crippen LogP contribution in [0.2, 0.25) is 0 Å². The summed E-state index contributed by atoms with van der Waals surface area (Å²) in [5.41, 5.74) is 1.42. The maximum atomic E-state index is 13.0. The van der Waals surface area contributed by atoms with E-state index in [0.29, 0.717) is 6.54 Å². The SMILES string of the molecule is O=C(NCCOc1ccc(F)c(F)c1)NCCC1=CCCCC1. The van der Waals surface area contributed by atoms with Crippen molar-refractivity contribution in [1.29, 1.82) is 0 Å². The smallest absolute Gasteiger partial charge is 0.314 e. The van der Waals surface area contributed by atoms with Gasteiger partial charge in [0.05, 0.1) is 6.54 Å². The summed E-state index contributed by atoms with van der Waals surface area (Å²) in [5, 5.41) is 5.44. The molecule has 0 saturated heterocycles. The van der Waals surface area contributed by atoms with Gasteiger partial charge < -0.3 is 15.4 Å². The summed E-state index contributed by atoms with van der Waals surface area (Å²) in [5.74, 6) is -1.64. The normalized spacial score (nSPS) is 14.1. The fourth-order valence-electron chi connectivity index (χ4n) is 2.43. The van der Waals surface area contributed by atoms with Crippen LogP contribution in [0.25, 0.3) is 0 Å². The summed E-state index contributed by atoms with van der Waals surface area (Å²) < 4.78 is 30.9. The number of carbonyl (C=O) groups is 1. The van der Waals surface area contributed by atoms with Crippen LogP contribution >= 0.6 is 0 Å². The highest BCUT2D eigenvalue weighted by Crippen LogP contribution is 2.19. The maximum absolute atomic E-state index is 13.0. The Morgan fingerprint density at radius 2 is 1.96 bits per heavy atom. The van der Waals surface area contributed by atoms with Crippen LogP contribution in [0.1, 0.15) is 32.1 Å². The molecule has 0 radical (unpaired) electrons. The van der Waals surface area contributed by atoms with Crippen molar-refractivity contribution in [3.8, 4) is 5.75 Å². The molecule has 2 amide bonds.